The molecule has 0 spiro atoms. The van der Waals surface area contributed by atoms with Crippen LogP contribution in [0.25, 0.3) is 0 Å². The first kappa shape index (κ1) is 15.5. The summed E-state index contributed by atoms with van der Waals surface area (Å²) in [6.07, 6.45) is -1.45. The van der Waals surface area contributed by atoms with E-state index in [1.54, 1.807) is 0 Å². The van der Waals surface area contributed by atoms with Gasteiger partial charge in [-0.3, -0.25) is 4.79 Å². The van der Waals surface area contributed by atoms with Crippen LogP contribution in [0.4, 0.5) is 13.2 Å². The van der Waals surface area contributed by atoms with Crippen LogP contribution >= 0.6 is 0 Å². The van der Waals surface area contributed by atoms with Gasteiger partial charge in [0.05, 0.1) is 6.61 Å². The molecule has 0 saturated heterocycles. The Morgan fingerprint density at radius 1 is 1.22 bits per heavy atom. The van der Waals surface area contributed by atoms with E-state index in [2.05, 4.69) is 18.6 Å². The average molecular weight is 266 g/mol. The van der Waals surface area contributed by atoms with Crippen molar-refractivity contribution in [3.8, 4) is 0 Å². The molecule has 3 atom stereocenters. The maximum atomic E-state index is 11.8. The Hall–Kier alpha value is -0.580. The molecule has 3 unspecified atom stereocenters. The Labute approximate surface area is 106 Å². The predicted octanol–water partition coefficient (Wildman–Crippen LogP) is 3.60. The molecular weight excluding hydrogens is 245 g/mol. The monoisotopic (exact) mass is 266 g/mol. The molecule has 1 aliphatic rings. The molecule has 106 valence electrons. The van der Waals surface area contributed by atoms with Gasteiger partial charge in [-0.25, -0.2) is 0 Å². The van der Waals surface area contributed by atoms with Crippen molar-refractivity contribution in [2.45, 2.75) is 45.7 Å². The summed E-state index contributed by atoms with van der Waals surface area (Å²) in [5, 5.41) is 0. The van der Waals surface area contributed by atoms with Gasteiger partial charge in [0.2, 0.25) is 0 Å². The highest BCUT2D eigenvalue weighted by molar-refractivity contribution is 5.81. The zero-order valence-corrected chi connectivity index (χ0v) is 10.9. The highest BCUT2D eigenvalue weighted by atomic mass is 19.4. The zero-order chi connectivity index (χ0) is 13.8. The van der Waals surface area contributed by atoms with Gasteiger partial charge in [0, 0.05) is 12.3 Å². The van der Waals surface area contributed by atoms with E-state index in [-0.39, 0.29) is 24.7 Å². The fourth-order valence-electron chi connectivity index (χ4n) is 2.40. The Morgan fingerprint density at radius 2 is 1.89 bits per heavy atom. The molecule has 2 nitrogen and oxygen atoms in total. The number of ether oxygens (including phenoxy) is 1. The summed E-state index contributed by atoms with van der Waals surface area (Å²) in [7, 11) is 0. The molecule has 0 heterocycles. The van der Waals surface area contributed by atoms with Crippen molar-refractivity contribution in [1.82, 2.24) is 0 Å². The fourth-order valence-corrected chi connectivity index (χ4v) is 2.40. The first-order valence-electron chi connectivity index (χ1n) is 6.47. The summed E-state index contributed by atoms with van der Waals surface area (Å²) in [6.45, 7) is 2.92. The van der Waals surface area contributed by atoms with E-state index < -0.39 is 12.8 Å². The van der Waals surface area contributed by atoms with Gasteiger partial charge in [-0.2, -0.15) is 13.2 Å². The van der Waals surface area contributed by atoms with Crippen LogP contribution < -0.4 is 0 Å². The van der Waals surface area contributed by atoms with E-state index in [1.807, 2.05) is 0 Å². The molecule has 1 fully saturated rings. The summed E-state index contributed by atoms with van der Waals surface area (Å²) < 4.78 is 39.9. The molecule has 0 aliphatic heterocycles. The van der Waals surface area contributed by atoms with Crippen molar-refractivity contribution < 1.29 is 22.7 Å². The van der Waals surface area contributed by atoms with Gasteiger partial charge in [0.15, 0.2) is 0 Å². The molecule has 0 radical (unpaired) electrons. The van der Waals surface area contributed by atoms with Crippen LogP contribution in [0.5, 0.6) is 0 Å². The molecular formula is C13H21F3O2. The fraction of sp³-hybridized carbons (Fsp3) is 0.923. The van der Waals surface area contributed by atoms with Crippen LogP contribution in [-0.4, -0.2) is 25.2 Å². The number of carbonyl (C=O) groups is 1. The van der Waals surface area contributed by atoms with Crippen LogP contribution in [0.3, 0.4) is 0 Å². The number of hydrogen-bond donors (Lipinski definition) is 0. The van der Waals surface area contributed by atoms with Gasteiger partial charge in [-0.15, -0.1) is 0 Å². The molecule has 5 heteroatoms. The first-order chi connectivity index (χ1) is 8.29. The van der Waals surface area contributed by atoms with Crippen LogP contribution in [0.2, 0.25) is 0 Å². The number of hydrogen-bond acceptors (Lipinski definition) is 2. The number of rotatable bonds is 5. The van der Waals surface area contributed by atoms with Crippen molar-refractivity contribution in [3.63, 3.8) is 0 Å². The van der Waals surface area contributed by atoms with Gasteiger partial charge in [-0.05, 0) is 31.1 Å². The largest absolute Gasteiger partial charge is 0.411 e. The van der Waals surface area contributed by atoms with Crippen molar-refractivity contribution >= 4 is 5.78 Å². The van der Waals surface area contributed by atoms with Gasteiger partial charge in [-0.1, -0.05) is 13.8 Å². The third-order valence-electron chi connectivity index (χ3n) is 3.81. The minimum absolute atomic E-state index is 0.0192. The highest BCUT2D eigenvalue weighted by Crippen LogP contribution is 2.34. The van der Waals surface area contributed by atoms with Crippen LogP contribution in [-0.2, 0) is 9.53 Å². The molecule has 0 aromatic heterocycles. The minimum atomic E-state index is -4.31. The third-order valence-corrected chi connectivity index (χ3v) is 3.81. The summed E-state index contributed by atoms with van der Waals surface area (Å²) in [5.74, 6) is 1.22. The summed E-state index contributed by atoms with van der Waals surface area (Å²) >= 11 is 0. The summed E-state index contributed by atoms with van der Waals surface area (Å²) in [5.41, 5.74) is 0. The number of carbonyl (C=O) groups excluding carboxylic acids is 1. The normalized spacial score (nSPS) is 29.3. The third kappa shape index (κ3) is 5.38. The Kier molecular flexibility index (Phi) is 5.63. The summed E-state index contributed by atoms with van der Waals surface area (Å²) in [6, 6.07) is 0. The first-order valence-corrected chi connectivity index (χ1v) is 6.47. The number of ketones is 1. The van der Waals surface area contributed by atoms with Crippen molar-refractivity contribution in [2.24, 2.45) is 17.8 Å². The second-order valence-electron chi connectivity index (χ2n) is 5.35. The van der Waals surface area contributed by atoms with Gasteiger partial charge in [0.25, 0.3) is 0 Å². The van der Waals surface area contributed by atoms with Gasteiger partial charge in [0.1, 0.15) is 12.4 Å². The molecule has 0 bridgehead atoms. The van der Waals surface area contributed by atoms with Crippen molar-refractivity contribution in [3.05, 3.63) is 0 Å². The van der Waals surface area contributed by atoms with Gasteiger partial charge >= 0.3 is 6.18 Å². The molecule has 0 amide bonds. The minimum Gasteiger partial charge on any atom is -0.372 e. The van der Waals surface area contributed by atoms with E-state index in [4.69, 9.17) is 0 Å². The summed E-state index contributed by atoms with van der Waals surface area (Å²) in [4.78, 5) is 11.8. The second-order valence-corrected chi connectivity index (χ2v) is 5.35. The second kappa shape index (κ2) is 6.55. The Balaban J connectivity index is 2.21. The number of Topliss-reactive ketones (excluding diaryl/α,β-unsaturated/α-hetero) is 1. The van der Waals surface area contributed by atoms with E-state index in [9.17, 15) is 18.0 Å². The Morgan fingerprint density at radius 3 is 2.44 bits per heavy atom. The Bertz CT molecular complexity index is 276. The van der Waals surface area contributed by atoms with E-state index in [1.165, 1.54) is 0 Å². The maximum Gasteiger partial charge on any atom is 0.411 e. The SMILES string of the molecule is CC1CCC(C(=O)CCOCC(F)(F)F)CC1C. The lowest BCUT2D eigenvalue weighted by atomic mass is 9.74. The van der Waals surface area contributed by atoms with Crippen molar-refractivity contribution in [1.29, 1.82) is 0 Å². The molecule has 0 aromatic rings. The van der Waals surface area contributed by atoms with Crippen LogP contribution in [0.15, 0.2) is 0 Å². The standard InChI is InChI=1S/C13H21F3O2/c1-9-3-4-11(7-10(9)2)12(17)5-6-18-8-13(14,15)16/h9-11H,3-8H2,1-2H3. The molecule has 18 heavy (non-hydrogen) atoms. The van der Waals surface area contributed by atoms with Crippen LogP contribution in [0, 0.1) is 17.8 Å². The molecule has 1 saturated carbocycles. The molecule has 0 N–H and O–H groups in total. The van der Waals surface area contributed by atoms with Crippen molar-refractivity contribution in [2.75, 3.05) is 13.2 Å². The highest BCUT2D eigenvalue weighted by Gasteiger charge is 2.30. The molecule has 1 aliphatic carbocycles. The smallest absolute Gasteiger partial charge is 0.372 e. The lowest BCUT2D eigenvalue weighted by Gasteiger charge is -2.31. The molecule has 0 aromatic carbocycles. The number of halogens is 3. The topological polar surface area (TPSA) is 26.3 Å². The number of alkyl halides is 3. The van der Waals surface area contributed by atoms with Gasteiger partial charge < -0.3 is 4.74 Å². The quantitative estimate of drug-likeness (QED) is 0.711. The van der Waals surface area contributed by atoms with E-state index in [0.717, 1.165) is 19.3 Å². The van der Waals surface area contributed by atoms with Crippen LogP contribution in [0.1, 0.15) is 39.5 Å². The predicted molar refractivity (Wildman–Crippen MR) is 62.2 cm³/mol. The van der Waals surface area contributed by atoms with E-state index >= 15 is 0 Å². The lowest BCUT2D eigenvalue weighted by molar-refractivity contribution is -0.174. The molecule has 1 rings (SSSR count). The van der Waals surface area contributed by atoms with E-state index in [0.29, 0.717) is 11.8 Å². The lowest BCUT2D eigenvalue weighted by Crippen LogP contribution is -2.27. The average Bonchev–Trinajstić information content (AvgIpc) is 2.26. The zero-order valence-electron chi connectivity index (χ0n) is 10.9. The maximum absolute atomic E-state index is 11.8.